The van der Waals surface area contributed by atoms with Crippen molar-refractivity contribution in [3.63, 3.8) is 0 Å². The normalized spacial score (nSPS) is 11.5. The van der Waals surface area contributed by atoms with Gasteiger partial charge in [-0.2, -0.15) is 0 Å². The van der Waals surface area contributed by atoms with Gasteiger partial charge in [0.15, 0.2) is 0 Å². The molecule has 7 nitrogen and oxygen atoms in total. The van der Waals surface area contributed by atoms with Crippen molar-refractivity contribution in [2.75, 3.05) is 38.3 Å². The van der Waals surface area contributed by atoms with E-state index in [1.54, 1.807) is 29.2 Å². The van der Waals surface area contributed by atoms with Gasteiger partial charge < -0.3 is 19.7 Å². The molecular weight excluding hydrogens is 408 g/mol. The van der Waals surface area contributed by atoms with Gasteiger partial charge in [-0.1, -0.05) is 26.0 Å². The SMILES string of the molecule is CCC(C)c1ccc(C(=O)NCCOCCN(C(C)=O)c2ccc(C(=O)OC)cc2)cc1. The standard InChI is InChI=1S/C25H32N2O5/c1-5-18(2)20-6-8-21(9-7-20)24(29)26-14-16-32-17-15-27(19(3)28)23-12-10-22(11-13-23)25(30)31-4/h6-13,18H,5,14-17H2,1-4H3,(H,26,29). The van der Waals surface area contributed by atoms with Crippen LogP contribution in [0.4, 0.5) is 5.69 Å². The van der Waals surface area contributed by atoms with Gasteiger partial charge in [-0.25, -0.2) is 4.79 Å². The molecule has 1 N–H and O–H groups in total. The Morgan fingerprint density at radius 1 is 0.969 bits per heavy atom. The Balaban J connectivity index is 1.75. The smallest absolute Gasteiger partial charge is 0.337 e. The third kappa shape index (κ3) is 7.20. The van der Waals surface area contributed by atoms with Crippen LogP contribution in [0.5, 0.6) is 0 Å². The second-order valence-corrected chi connectivity index (χ2v) is 7.51. The van der Waals surface area contributed by atoms with Crippen LogP contribution in [0.2, 0.25) is 0 Å². The number of methoxy groups -OCH3 is 1. The zero-order valence-electron chi connectivity index (χ0n) is 19.2. The molecule has 0 aromatic heterocycles. The summed E-state index contributed by atoms with van der Waals surface area (Å²) in [5.74, 6) is -0.224. The van der Waals surface area contributed by atoms with Crippen molar-refractivity contribution in [3.05, 3.63) is 65.2 Å². The van der Waals surface area contributed by atoms with Gasteiger partial charge in [0, 0.05) is 31.3 Å². The molecule has 1 unspecified atom stereocenters. The summed E-state index contributed by atoms with van der Waals surface area (Å²) in [6.45, 7) is 7.17. The maximum absolute atomic E-state index is 12.3. The van der Waals surface area contributed by atoms with E-state index in [0.717, 1.165) is 6.42 Å². The summed E-state index contributed by atoms with van der Waals surface area (Å²) >= 11 is 0. The third-order valence-electron chi connectivity index (χ3n) is 5.33. The number of carbonyl (C=O) groups excluding carboxylic acids is 3. The number of anilines is 1. The molecule has 2 aromatic rings. The van der Waals surface area contributed by atoms with E-state index < -0.39 is 5.97 Å². The first-order valence-corrected chi connectivity index (χ1v) is 10.8. The highest BCUT2D eigenvalue weighted by atomic mass is 16.5. The van der Waals surface area contributed by atoms with E-state index in [2.05, 4.69) is 23.9 Å². The van der Waals surface area contributed by atoms with Crippen LogP contribution in [0.1, 0.15) is 59.4 Å². The number of carbonyl (C=O) groups is 3. The molecule has 0 bridgehead atoms. The van der Waals surface area contributed by atoms with Gasteiger partial charge in [0.25, 0.3) is 5.91 Å². The number of ether oxygens (including phenoxy) is 2. The Labute approximate surface area is 189 Å². The minimum Gasteiger partial charge on any atom is -0.465 e. The van der Waals surface area contributed by atoms with Crippen LogP contribution in [0.3, 0.4) is 0 Å². The van der Waals surface area contributed by atoms with E-state index in [9.17, 15) is 14.4 Å². The minimum absolute atomic E-state index is 0.131. The van der Waals surface area contributed by atoms with Crippen molar-refractivity contribution < 1.29 is 23.9 Å². The summed E-state index contributed by atoms with van der Waals surface area (Å²) in [5.41, 5.74) is 2.93. The molecule has 0 aliphatic heterocycles. The Hall–Kier alpha value is -3.19. The van der Waals surface area contributed by atoms with E-state index in [1.807, 2.05) is 24.3 Å². The number of rotatable bonds is 11. The number of nitrogens with zero attached hydrogens (tertiary/aromatic N) is 1. The molecule has 172 valence electrons. The van der Waals surface area contributed by atoms with Gasteiger partial charge in [-0.3, -0.25) is 9.59 Å². The molecule has 0 radical (unpaired) electrons. The first-order chi connectivity index (χ1) is 15.4. The molecule has 2 aromatic carbocycles. The van der Waals surface area contributed by atoms with Gasteiger partial charge >= 0.3 is 5.97 Å². The van der Waals surface area contributed by atoms with E-state index in [-0.39, 0.29) is 11.8 Å². The molecule has 2 amide bonds. The van der Waals surface area contributed by atoms with Crippen molar-refractivity contribution in [1.82, 2.24) is 5.32 Å². The highest BCUT2D eigenvalue weighted by Crippen LogP contribution is 2.19. The molecule has 32 heavy (non-hydrogen) atoms. The Morgan fingerprint density at radius 3 is 2.16 bits per heavy atom. The van der Waals surface area contributed by atoms with Gasteiger partial charge in [0.05, 0.1) is 25.9 Å². The fourth-order valence-electron chi connectivity index (χ4n) is 3.16. The van der Waals surface area contributed by atoms with Crippen LogP contribution in [-0.4, -0.2) is 51.2 Å². The molecule has 2 rings (SSSR count). The lowest BCUT2D eigenvalue weighted by Gasteiger charge is -2.21. The lowest BCUT2D eigenvalue weighted by Crippen LogP contribution is -2.33. The fourth-order valence-corrected chi connectivity index (χ4v) is 3.16. The molecular formula is C25H32N2O5. The van der Waals surface area contributed by atoms with Crippen molar-refractivity contribution in [3.8, 4) is 0 Å². The van der Waals surface area contributed by atoms with Crippen LogP contribution >= 0.6 is 0 Å². The molecule has 7 heteroatoms. The van der Waals surface area contributed by atoms with Gasteiger partial charge in [0.1, 0.15) is 0 Å². The Morgan fingerprint density at radius 2 is 1.59 bits per heavy atom. The number of benzene rings is 2. The van der Waals surface area contributed by atoms with Crippen molar-refractivity contribution >= 4 is 23.5 Å². The lowest BCUT2D eigenvalue weighted by molar-refractivity contribution is -0.116. The maximum atomic E-state index is 12.3. The molecule has 0 aliphatic rings. The van der Waals surface area contributed by atoms with Crippen molar-refractivity contribution in [1.29, 1.82) is 0 Å². The van der Waals surface area contributed by atoms with E-state index in [0.29, 0.717) is 49.0 Å². The topological polar surface area (TPSA) is 84.9 Å². The number of esters is 1. The molecule has 0 saturated heterocycles. The van der Waals surface area contributed by atoms with Crippen LogP contribution in [0, 0.1) is 0 Å². The fraction of sp³-hybridized carbons (Fsp3) is 0.400. The van der Waals surface area contributed by atoms with Crippen molar-refractivity contribution in [2.24, 2.45) is 0 Å². The van der Waals surface area contributed by atoms with Crippen LogP contribution in [0.25, 0.3) is 0 Å². The second-order valence-electron chi connectivity index (χ2n) is 7.51. The summed E-state index contributed by atoms with van der Waals surface area (Å²) < 4.78 is 10.3. The third-order valence-corrected chi connectivity index (χ3v) is 5.33. The average molecular weight is 441 g/mol. The molecule has 0 fully saturated rings. The molecule has 0 aliphatic carbocycles. The molecule has 1 atom stereocenters. The monoisotopic (exact) mass is 440 g/mol. The maximum Gasteiger partial charge on any atom is 0.337 e. The molecule has 0 saturated carbocycles. The van der Waals surface area contributed by atoms with Gasteiger partial charge in [0.2, 0.25) is 5.91 Å². The second kappa shape index (κ2) is 12.6. The minimum atomic E-state index is -0.428. The lowest BCUT2D eigenvalue weighted by atomic mass is 9.97. The predicted octanol–water partition coefficient (Wildman–Crippen LogP) is 3.79. The first-order valence-electron chi connectivity index (χ1n) is 10.8. The zero-order valence-corrected chi connectivity index (χ0v) is 19.2. The zero-order chi connectivity index (χ0) is 23.5. The van der Waals surface area contributed by atoms with Crippen molar-refractivity contribution in [2.45, 2.75) is 33.1 Å². The van der Waals surface area contributed by atoms with Crippen LogP contribution in [-0.2, 0) is 14.3 Å². The number of nitrogens with one attached hydrogen (secondary N) is 1. The Bertz CT molecular complexity index is 894. The quantitative estimate of drug-likeness (QED) is 0.425. The first kappa shape index (κ1) is 25.1. The highest BCUT2D eigenvalue weighted by Gasteiger charge is 2.13. The summed E-state index contributed by atoms with van der Waals surface area (Å²) in [6.07, 6.45) is 1.06. The van der Waals surface area contributed by atoms with Crippen LogP contribution < -0.4 is 10.2 Å². The van der Waals surface area contributed by atoms with Gasteiger partial charge in [-0.15, -0.1) is 0 Å². The largest absolute Gasteiger partial charge is 0.465 e. The predicted molar refractivity (Wildman–Crippen MR) is 124 cm³/mol. The number of amides is 2. The molecule has 0 spiro atoms. The summed E-state index contributed by atoms with van der Waals surface area (Å²) in [6, 6.07) is 14.3. The van der Waals surface area contributed by atoms with E-state index >= 15 is 0 Å². The highest BCUT2D eigenvalue weighted by molar-refractivity contribution is 5.94. The summed E-state index contributed by atoms with van der Waals surface area (Å²) in [4.78, 5) is 37.4. The summed E-state index contributed by atoms with van der Waals surface area (Å²) in [5, 5.41) is 2.84. The number of hydrogen-bond donors (Lipinski definition) is 1. The molecule has 0 heterocycles. The number of hydrogen-bond acceptors (Lipinski definition) is 5. The van der Waals surface area contributed by atoms with Gasteiger partial charge in [-0.05, 0) is 54.3 Å². The average Bonchev–Trinajstić information content (AvgIpc) is 2.82. The van der Waals surface area contributed by atoms with Crippen LogP contribution in [0.15, 0.2) is 48.5 Å². The Kier molecular flexibility index (Phi) is 9.88. The van der Waals surface area contributed by atoms with E-state index in [1.165, 1.54) is 19.6 Å². The van der Waals surface area contributed by atoms with E-state index in [4.69, 9.17) is 4.74 Å². The summed E-state index contributed by atoms with van der Waals surface area (Å²) in [7, 11) is 1.32.